The van der Waals surface area contributed by atoms with Crippen LogP contribution in [-0.2, 0) is 4.79 Å². The van der Waals surface area contributed by atoms with Gasteiger partial charge in [-0.2, -0.15) is 0 Å². The third-order valence-electron chi connectivity index (χ3n) is 2.15. The van der Waals surface area contributed by atoms with E-state index in [0.717, 1.165) is 11.3 Å². The van der Waals surface area contributed by atoms with Crippen molar-refractivity contribution in [3.05, 3.63) is 29.8 Å². The molecule has 0 fully saturated rings. The van der Waals surface area contributed by atoms with Gasteiger partial charge in [-0.25, -0.2) is 0 Å². The summed E-state index contributed by atoms with van der Waals surface area (Å²) in [5.41, 5.74) is 7.40. The Morgan fingerprint density at radius 3 is 2.92 bits per heavy atom. The number of nitrogens with one attached hydrogen (secondary N) is 1. The zero-order valence-corrected chi connectivity index (χ0v) is 6.58. The van der Waals surface area contributed by atoms with Crippen LogP contribution in [0.2, 0.25) is 0 Å². The Balaban J connectivity index is 2.47. The van der Waals surface area contributed by atoms with Crippen LogP contribution < -0.4 is 11.1 Å². The lowest BCUT2D eigenvalue weighted by Gasteiger charge is -2.02. The maximum absolute atomic E-state index is 11.3. The zero-order chi connectivity index (χ0) is 8.55. The fourth-order valence-corrected chi connectivity index (χ4v) is 1.51. The summed E-state index contributed by atoms with van der Waals surface area (Å²) in [6, 6.07) is 7.65. The Bertz CT molecular complexity index is 322. The van der Waals surface area contributed by atoms with Crippen LogP contribution in [0.15, 0.2) is 24.3 Å². The topological polar surface area (TPSA) is 55.1 Å². The van der Waals surface area contributed by atoms with Crippen molar-refractivity contribution in [1.82, 2.24) is 0 Å². The summed E-state index contributed by atoms with van der Waals surface area (Å²) in [6.07, 6.45) is 0. The minimum Gasteiger partial charge on any atom is -0.329 e. The van der Waals surface area contributed by atoms with Gasteiger partial charge in [0, 0.05) is 12.2 Å². The largest absolute Gasteiger partial charge is 0.329 e. The molecule has 1 amide bonds. The smallest absolute Gasteiger partial charge is 0.233 e. The molecule has 12 heavy (non-hydrogen) atoms. The van der Waals surface area contributed by atoms with E-state index < -0.39 is 0 Å². The monoisotopic (exact) mass is 162 g/mol. The van der Waals surface area contributed by atoms with Gasteiger partial charge in [-0.1, -0.05) is 18.2 Å². The molecule has 1 aliphatic rings. The van der Waals surface area contributed by atoms with Gasteiger partial charge < -0.3 is 11.1 Å². The number of fused-ring (bicyclic) bond motifs is 1. The van der Waals surface area contributed by atoms with Gasteiger partial charge in [0.15, 0.2) is 0 Å². The number of nitrogens with two attached hydrogens (primary N) is 1. The summed E-state index contributed by atoms with van der Waals surface area (Å²) in [5.74, 6) is -0.139. The van der Waals surface area contributed by atoms with E-state index in [1.807, 2.05) is 24.3 Å². The minimum atomic E-state index is -0.152. The summed E-state index contributed by atoms with van der Waals surface area (Å²) in [4.78, 5) is 11.3. The number of amides is 1. The molecule has 3 heteroatoms. The highest BCUT2D eigenvalue weighted by Gasteiger charge is 2.28. The Kier molecular flexibility index (Phi) is 1.59. The third kappa shape index (κ3) is 0.905. The van der Waals surface area contributed by atoms with Gasteiger partial charge in [-0.3, -0.25) is 4.79 Å². The molecule has 0 unspecified atom stereocenters. The highest BCUT2D eigenvalue weighted by molar-refractivity contribution is 6.02. The second-order valence-electron chi connectivity index (χ2n) is 2.86. The molecule has 0 saturated carbocycles. The Labute approximate surface area is 70.6 Å². The van der Waals surface area contributed by atoms with Crippen molar-refractivity contribution in [3.63, 3.8) is 0 Å². The Morgan fingerprint density at radius 1 is 1.42 bits per heavy atom. The van der Waals surface area contributed by atoms with E-state index in [2.05, 4.69) is 5.32 Å². The molecule has 1 aromatic rings. The lowest BCUT2D eigenvalue weighted by atomic mass is 10.0. The number of rotatable bonds is 1. The normalized spacial score (nSPS) is 20.4. The first-order chi connectivity index (χ1) is 5.83. The predicted octanol–water partition coefficient (Wildman–Crippen LogP) is 0.681. The number of carbonyl (C=O) groups is 1. The van der Waals surface area contributed by atoms with Crippen LogP contribution in [0.5, 0.6) is 0 Å². The maximum atomic E-state index is 11.3. The molecule has 0 spiro atoms. The van der Waals surface area contributed by atoms with Gasteiger partial charge in [0.1, 0.15) is 0 Å². The fraction of sp³-hybridized carbons (Fsp3) is 0.222. The number of carbonyl (C=O) groups excluding carboxylic acids is 1. The number of hydrogen-bond acceptors (Lipinski definition) is 2. The number of para-hydroxylation sites is 1. The molecule has 1 aliphatic heterocycles. The summed E-state index contributed by atoms with van der Waals surface area (Å²) < 4.78 is 0. The van der Waals surface area contributed by atoms with E-state index in [0.29, 0.717) is 6.54 Å². The van der Waals surface area contributed by atoms with Gasteiger partial charge in [0.2, 0.25) is 5.91 Å². The number of anilines is 1. The van der Waals surface area contributed by atoms with E-state index >= 15 is 0 Å². The van der Waals surface area contributed by atoms with E-state index in [1.165, 1.54) is 0 Å². The standard InChI is InChI=1S/C9H10N2O/c10-5-7-6-3-1-2-4-8(6)11-9(7)12/h1-4,7H,5,10H2,(H,11,12)/t7-/m1/s1. The van der Waals surface area contributed by atoms with Crippen molar-refractivity contribution in [2.45, 2.75) is 5.92 Å². The quantitative estimate of drug-likeness (QED) is 0.638. The van der Waals surface area contributed by atoms with E-state index in [1.54, 1.807) is 0 Å². The van der Waals surface area contributed by atoms with Crippen molar-refractivity contribution in [2.24, 2.45) is 5.73 Å². The van der Waals surface area contributed by atoms with Crippen LogP contribution in [0, 0.1) is 0 Å². The molecule has 0 aromatic heterocycles. The van der Waals surface area contributed by atoms with Crippen molar-refractivity contribution in [3.8, 4) is 0 Å². The molecule has 0 saturated heterocycles. The van der Waals surface area contributed by atoms with Crippen LogP contribution in [0.3, 0.4) is 0 Å². The third-order valence-corrected chi connectivity index (χ3v) is 2.15. The highest BCUT2D eigenvalue weighted by Crippen LogP contribution is 2.30. The lowest BCUT2D eigenvalue weighted by molar-refractivity contribution is -0.116. The first kappa shape index (κ1) is 7.31. The average molecular weight is 162 g/mol. The second-order valence-corrected chi connectivity index (χ2v) is 2.86. The Morgan fingerprint density at radius 2 is 2.17 bits per heavy atom. The molecule has 0 bridgehead atoms. The average Bonchev–Trinajstić information content (AvgIpc) is 2.40. The summed E-state index contributed by atoms with van der Waals surface area (Å²) in [5, 5.41) is 2.78. The molecule has 0 radical (unpaired) electrons. The van der Waals surface area contributed by atoms with Crippen molar-refractivity contribution >= 4 is 11.6 Å². The summed E-state index contributed by atoms with van der Waals surface area (Å²) in [6.45, 7) is 0.378. The first-order valence-electron chi connectivity index (χ1n) is 3.93. The van der Waals surface area contributed by atoms with Crippen molar-refractivity contribution < 1.29 is 4.79 Å². The highest BCUT2D eigenvalue weighted by atomic mass is 16.2. The van der Waals surface area contributed by atoms with E-state index in [9.17, 15) is 4.79 Å². The molecule has 2 rings (SSSR count). The van der Waals surface area contributed by atoms with Crippen LogP contribution in [0.1, 0.15) is 11.5 Å². The molecule has 3 N–H and O–H groups in total. The molecule has 1 aromatic carbocycles. The molecule has 3 nitrogen and oxygen atoms in total. The van der Waals surface area contributed by atoms with Gasteiger partial charge in [-0.05, 0) is 11.6 Å². The molecule has 1 heterocycles. The first-order valence-corrected chi connectivity index (χ1v) is 3.93. The predicted molar refractivity (Wildman–Crippen MR) is 46.9 cm³/mol. The van der Waals surface area contributed by atoms with E-state index in [4.69, 9.17) is 5.73 Å². The van der Waals surface area contributed by atoms with Gasteiger partial charge in [0.25, 0.3) is 0 Å². The molecular formula is C9H10N2O. The van der Waals surface area contributed by atoms with Crippen molar-refractivity contribution in [1.29, 1.82) is 0 Å². The van der Waals surface area contributed by atoms with Gasteiger partial charge >= 0.3 is 0 Å². The molecular weight excluding hydrogens is 152 g/mol. The van der Waals surface area contributed by atoms with E-state index in [-0.39, 0.29) is 11.8 Å². The lowest BCUT2D eigenvalue weighted by Crippen LogP contribution is -2.20. The molecule has 62 valence electrons. The Hall–Kier alpha value is -1.35. The van der Waals surface area contributed by atoms with Gasteiger partial charge in [0.05, 0.1) is 5.92 Å². The van der Waals surface area contributed by atoms with Crippen molar-refractivity contribution in [2.75, 3.05) is 11.9 Å². The summed E-state index contributed by atoms with van der Waals surface area (Å²) in [7, 11) is 0. The van der Waals surface area contributed by atoms with Crippen LogP contribution in [0.4, 0.5) is 5.69 Å². The van der Waals surface area contributed by atoms with Crippen LogP contribution in [-0.4, -0.2) is 12.5 Å². The van der Waals surface area contributed by atoms with Crippen LogP contribution >= 0.6 is 0 Å². The minimum absolute atomic E-state index is 0.0127. The SMILES string of the molecule is NC[C@H]1C(=O)Nc2ccccc21. The summed E-state index contributed by atoms with van der Waals surface area (Å²) >= 11 is 0. The number of hydrogen-bond donors (Lipinski definition) is 2. The van der Waals surface area contributed by atoms with Gasteiger partial charge in [-0.15, -0.1) is 0 Å². The zero-order valence-electron chi connectivity index (χ0n) is 6.58. The maximum Gasteiger partial charge on any atom is 0.233 e. The molecule has 0 aliphatic carbocycles. The van der Waals surface area contributed by atoms with Crippen LogP contribution in [0.25, 0.3) is 0 Å². The molecule has 1 atom stereocenters. The second kappa shape index (κ2) is 2.60. The number of benzene rings is 1. The fourth-order valence-electron chi connectivity index (χ4n) is 1.51.